The first-order valence-electron chi connectivity index (χ1n) is 6.25. The molecule has 1 saturated heterocycles. The molecule has 0 N–H and O–H groups in total. The molecule has 1 aromatic carbocycles. The van der Waals surface area contributed by atoms with E-state index in [-0.39, 0.29) is 11.3 Å². The van der Waals surface area contributed by atoms with Crippen LogP contribution in [-0.2, 0) is 11.3 Å². The number of aryl methyl sites for hydroxylation is 1. The summed E-state index contributed by atoms with van der Waals surface area (Å²) in [5, 5.41) is 0.00130. The number of furan rings is 1. The highest BCUT2D eigenvalue weighted by atomic mass is 32.2. The highest BCUT2D eigenvalue weighted by molar-refractivity contribution is 8.00. The minimum Gasteiger partial charge on any atom is -0.463 e. The molecule has 0 radical (unpaired) electrons. The lowest BCUT2D eigenvalue weighted by Gasteiger charge is -2.22. The summed E-state index contributed by atoms with van der Waals surface area (Å²) in [6.07, 6.45) is 0. The van der Waals surface area contributed by atoms with Gasteiger partial charge in [0.05, 0.1) is 5.75 Å². The Morgan fingerprint density at radius 3 is 2.74 bits per heavy atom. The maximum Gasteiger partial charge on any atom is 0.234 e. The van der Waals surface area contributed by atoms with E-state index >= 15 is 0 Å². The highest BCUT2D eigenvalue weighted by Crippen LogP contribution is 2.40. The number of thioether (sulfide) groups is 1. The lowest BCUT2D eigenvalue weighted by molar-refractivity contribution is -0.128. The molecular formula is C15H15NO2S. The smallest absolute Gasteiger partial charge is 0.234 e. The molecule has 2 aromatic rings. The van der Waals surface area contributed by atoms with Crippen molar-refractivity contribution in [2.45, 2.75) is 18.8 Å². The Morgan fingerprint density at radius 1 is 1.26 bits per heavy atom. The number of hydrogen-bond acceptors (Lipinski definition) is 3. The lowest BCUT2D eigenvalue weighted by atomic mass is 10.2. The van der Waals surface area contributed by atoms with Crippen molar-refractivity contribution in [2.75, 3.05) is 5.75 Å². The van der Waals surface area contributed by atoms with E-state index in [0.29, 0.717) is 12.3 Å². The van der Waals surface area contributed by atoms with Crippen molar-refractivity contribution in [1.29, 1.82) is 0 Å². The Labute approximate surface area is 116 Å². The lowest BCUT2D eigenvalue weighted by Crippen LogP contribution is -2.27. The quantitative estimate of drug-likeness (QED) is 0.859. The van der Waals surface area contributed by atoms with Gasteiger partial charge in [0, 0.05) is 6.54 Å². The fraction of sp³-hybridized carbons (Fsp3) is 0.267. The van der Waals surface area contributed by atoms with Crippen molar-refractivity contribution in [2.24, 2.45) is 0 Å². The average molecular weight is 273 g/mol. The van der Waals surface area contributed by atoms with Crippen LogP contribution in [0.4, 0.5) is 0 Å². The zero-order valence-electron chi connectivity index (χ0n) is 10.7. The summed E-state index contributed by atoms with van der Waals surface area (Å²) in [7, 11) is 0. The summed E-state index contributed by atoms with van der Waals surface area (Å²) in [5.41, 5.74) is 1.15. The largest absolute Gasteiger partial charge is 0.463 e. The van der Waals surface area contributed by atoms with Gasteiger partial charge in [0.25, 0.3) is 0 Å². The molecule has 3 rings (SSSR count). The number of carbonyl (C=O) groups is 1. The molecule has 98 valence electrons. The molecule has 1 unspecified atom stereocenters. The summed E-state index contributed by atoms with van der Waals surface area (Å²) in [4.78, 5) is 13.9. The standard InChI is InChI=1S/C15H15NO2S/c1-11-7-8-13(18-11)15-16(14(17)10-19-15)9-12-5-3-2-4-6-12/h2-8,15H,9-10H2,1H3. The van der Waals surface area contributed by atoms with Crippen LogP contribution in [0.5, 0.6) is 0 Å². The predicted molar refractivity (Wildman–Crippen MR) is 75.6 cm³/mol. The molecule has 0 saturated carbocycles. The van der Waals surface area contributed by atoms with Crippen molar-refractivity contribution in [3.05, 3.63) is 59.5 Å². The first-order valence-corrected chi connectivity index (χ1v) is 7.30. The Bertz CT molecular complexity index is 579. The maximum atomic E-state index is 12.0. The van der Waals surface area contributed by atoms with Crippen molar-refractivity contribution in [3.8, 4) is 0 Å². The van der Waals surface area contributed by atoms with Gasteiger partial charge in [0.2, 0.25) is 5.91 Å². The van der Waals surface area contributed by atoms with Crippen LogP contribution in [0.2, 0.25) is 0 Å². The van der Waals surface area contributed by atoms with Crippen LogP contribution in [0.3, 0.4) is 0 Å². The predicted octanol–water partition coefficient (Wildman–Crippen LogP) is 3.36. The van der Waals surface area contributed by atoms with E-state index in [9.17, 15) is 4.79 Å². The summed E-state index contributed by atoms with van der Waals surface area (Å²) in [6.45, 7) is 2.56. The van der Waals surface area contributed by atoms with Gasteiger partial charge in [-0.15, -0.1) is 11.8 Å². The SMILES string of the molecule is Cc1ccc(C2SCC(=O)N2Cc2ccccc2)o1. The molecule has 0 bridgehead atoms. The van der Waals surface area contributed by atoms with Gasteiger partial charge in [-0.1, -0.05) is 30.3 Å². The first kappa shape index (κ1) is 12.4. The molecule has 19 heavy (non-hydrogen) atoms. The maximum absolute atomic E-state index is 12.0. The Balaban J connectivity index is 1.83. The van der Waals surface area contributed by atoms with Gasteiger partial charge in [0.15, 0.2) is 0 Å². The molecule has 2 heterocycles. The zero-order chi connectivity index (χ0) is 13.2. The number of benzene rings is 1. The second-order valence-electron chi connectivity index (χ2n) is 4.62. The topological polar surface area (TPSA) is 33.5 Å². The van der Waals surface area contributed by atoms with E-state index in [2.05, 4.69) is 0 Å². The molecule has 1 aliphatic heterocycles. The molecule has 0 spiro atoms. The van der Waals surface area contributed by atoms with E-state index in [1.807, 2.05) is 54.3 Å². The van der Waals surface area contributed by atoms with Crippen LogP contribution in [0.15, 0.2) is 46.9 Å². The van der Waals surface area contributed by atoms with E-state index < -0.39 is 0 Å². The van der Waals surface area contributed by atoms with Gasteiger partial charge in [-0.05, 0) is 24.6 Å². The fourth-order valence-electron chi connectivity index (χ4n) is 2.23. The highest BCUT2D eigenvalue weighted by Gasteiger charge is 2.34. The molecule has 0 aliphatic carbocycles. The van der Waals surface area contributed by atoms with Crippen LogP contribution >= 0.6 is 11.8 Å². The minimum atomic E-state index is 0.00130. The fourth-order valence-corrected chi connectivity index (χ4v) is 3.36. The monoisotopic (exact) mass is 273 g/mol. The average Bonchev–Trinajstić information content (AvgIpc) is 2.99. The molecule has 1 atom stereocenters. The van der Waals surface area contributed by atoms with Crippen molar-refractivity contribution in [1.82, 2.24) is 4.90 Å². The van der Waals surface area contributed by atoms with Crippen molar-refractivity contribution >= 4 is 17.7 Å². The normalized spacial score (nSPS) is 19.1. The molecule has 1 aromatic heterocycles. The molecule has 3 nitrogen and oxygen atoms in total. The summed E-state index contributed by atoms with van der Waals surface area (Å²) in [5.74, 6) is 2.45. The molecular weight excluding hydrogens is 258 g/mol. The van der Waals surface area contributed by atoms with E-state index in [1.54, 1.807) is 11.8 Å². The first-order chi connectivity index (χ1) is 9.24. The third kappa shape index (κ3) is 2.54. The van der Waals surface area contributed by atoms with E-state index in [1.165, 1.54) is 0 Å². The van der Waals surface area contributed by atoms with Crippen molar-refractivity contribution in [3.63, 3.8) is 0 Å². The molecule has 1 fully saturated rings. The number of amides is 1. The second kappa shape index (κ2) is 5.13. The van der Waals surface area contributed by atoms with Gasteiger partial charge >= 0.3 is 0 Å². The van der Waals surface area contributed by atoms with Crippen molar-refractivity contribution < 1.29 is 9.21 Å². The van der Waals surface area contributed by atoms with Crippen LogP contribution in [0.1, 0.15) is 22.5 Å². The van der Waals surface area contributed by atoms with Gasteiger partial charge in [0.1, 0.15) is 16.9 Å². The molecule has 1 aliphatic rings. The van der Waals surface area contributed by atoms with Gasteiger partial charge in [-0.3, -0.25) is 4.79 Å². The van der Waals surface area contributed by atoms with Crippen LogP contribution < -0.4 is 0 Å². The van der Waals surface area contributed by atoms with E-state index in [4.69, 9.17) is 4.42 Å². The third-order valence-electron chi connectivity index (χ3n) is 3.17. The van der Waals surface area contributed by atoms with Gasteiger partial charge in [-0.2, -0.15) is 0 Å². The number of rotatable bonds is 3. The molecule has 1 amide bonds. The Hall–Kier alpha value is -1.68. The Morgan fingerprint density at radius 2 is 2.05 bits per heavy atom. The summed E-state index contributed by atoms with van der Waals surface area (Å²) >= 11 is 1.63. The number of carbonyl (C=O) groups excluding carboxylic acids is 1. The Kier molecular flexibility index (Phi) is 3.34. The number of hydrogen-bond donors (Lipinski definition) is 0. The van der Waals surface area contributed by atoms with Gasteiger partial charge in [-0.25, -0.2) is 0 Å². The second-order valence-corrected chi connectivity index (χ2v) is 5.69. The van der Waals surface area contributed by atoms with Crippen LogP contribution in [0.25, 0.3) is 0 Å². The summed E-state index contributed by atoms with van der Waals surface area (Å²) in [6, 6.07) is 14.0. The zero-order valence-corrected chi connectivity index (χ0v) is 11.5. The van der Waals surface area contributed by atoms with Gasteiger partial charge < -0.3 is 9.32 Å². The number of nitrogens with zero attached hydrogens (tertiary/aromatic N) is 1. The van der Waals surface area contributed by atoms with Crippen LogP contribution in [-0.4, -0.2) is 16.6 Å². The third-order valence-corrected chi connectivity index (χ3v) is 4.38. The molecule has 4 heteroatoms. The van der Waals surface area contributed by atoms with E-state index in [0.717, 1.165) is 17.1 Å². The summed E-state index contributed by atoms with van der Waals surface area (Å²) < 4.78 is 5.67. The minimum absolute atomic E-state index is 0.00130. The van der Waals surface area contributed by atoms with Crippen LogP contribution in [0, 0.1) is 6.92 Å².